The van der Waals surface area contributed by atoms with Crippen LogP contribution in [-0.4, -0.2) is 40.6 Å². The van der Waals surface area contributed by atoms with Gasteiger partial charge in [-0.1, -0.05) is 18.2 Å². The lowest BCUT2D eigenvalue weighted by Crippen LogP contribution is -2.36. The number of nitrogens with zero attached hydrogens (tertiary/aromatic N) is 1. The van der Waals surface area contributed by atoms with Crippen molar-refractivity contribution in [2.45, 2.75) is 32.1 Å². The number of benzene rings is 1. The number of rotatable bonds is 3. The molecule has 0 atom stereocenters. The number of aromatic nitrogens is 1. The molecule has 1 saturated heterocycles. The number of hydrogen-bond acceptors (Lipinski definition) is 4. The molecular weight excluding hydrogens is 416 g/mol. The zero-order valence-electron chi connectivity index (χ0n) is 18.3. The molecule has 0 spiro atoms. The van der Waals surface area contributed by atoms with Gasteiger partial charge in [-0.3, -0.25) is 14.4 Å². The maximum atomic E-state index is 13.3. The van der Waals surface area contributed by atoms with Gasteiger partial charge in [0.2, 0.25) is 0 Å². The van der Waals surface area contributed by atoms with Crippen LogP contribution in [0.5, 0.6) is 0 Å². The largest absolute Gasteiger partial charge is 0.364 e. The van der Waals surface area contributed by atoms with Crippen LogP contribution in [0, 0.1) is 0 Å². The van der Waals surface area contributed by atoms with Gasteiger partial charge in [0.15, 0.2) is 5.78 Å². The summed E-state index contributed by atoms with van der Waals surface area (Å²) in [5, 5.41) is 6.85. The molecule has 2 amide bonds. The summed E-state index contributed by atoms with van der Waals surface area (Å²) in [6, 6.07) is 5.47. The molecule has 3 N–H and O–H groups in total. The molecule has 0 saturated carbocycles. The second-order valence-electron chi connectivity index (χ2n) is 8.57. The molecule has 168 valence electrons. The van der Waals surface area contributed by atoms with E-state index in [-0.39, 0.29) is 17.3 Å². The SMILES string of the molecule is O=C(Nc1cc2[nH]ccc2cc1C(=O)N1CCCCC1)/C1=C/N/C2=C/C=C\C=C(/CC2)C1=O. The molecule has 3 heterocycles. The summed E-state index contributed by atoms with van der Waals surface area (Å²) < 4.78 is 0. The number of aromatic amines is 1. The second-order valence-corrected chi connectivity index (χ2v) is 8.57. The Bertz CT molecular complexity index is 1260. The van der Waals surface area contributed by atoms with E-state index in [9.17, 15) is 14.4 Å². The Morgan fingerprint density at radius 3 is 2.67 bits per heavy atom. The van der Waals surface area contributed by atoms with Crippen molar-refractivity contribution in [2.75, 3.05) is 18.4 Å². The number of likely N-dealkylation sites (tertiary alicyclic amines) is 1. The standard InChI is InChI=1S/C26H26N4O3/c31-24-17-6-2-3-7-19(9-8-17)28-16-21(24)25(32)29-23-15-22-18(10-11-27-22)14-20(23)26(33)30-12-4-1-5-13-30/h2-3,6-7,10-11,14-16,27-28H,1,4-5,8-9,12-13H2,(H,29,32)/b3-2-,17-6+,19-7+,21-16+. The minimum Gasteiger partial charge on any atom is -0.364 e. The highest BCUT2D eigenvalue weighted by Crippen LogP contribution is 2.27. The second kappa shape index (κ2) is 8.94. The smallest absolute Gasteiger partial charge is 0.261 e. The number of hydrogen-bond donors (Lipinski definition) is 3. The number of carbonyl (C=O) groups excluding carboxylic acids is 3. The zero-order chi connectivity index (χ0) is 22.8. The molecule has 0 unspecified atom stereocenters. The Hall–Kier alpha value is -3.87. The number of anilines is 1. The average Bonchev–Trinajstić information content (AvgIpc) is 3.27. The van der Waals surface area contributed by atoms with Crippen LogP contribution >= 0.6 is 0 Å². The molecule has 7 heteroatoms. The first-order valence-corrected chi connectivity index (χ1v) is 11.4. The normalized spacial score (nSPS) is 24.1. The van der Waals surface area contributed by atoms with Crippen molar-refractivity contribution in [3.63, 3.8) is 0 Å². The van der Waals surface area contributed by atoms with Crippen molar-refractivity contribution in [3.05, 3.63) is 77.3 Å². The number of carbonyl (C=O) groups is 3. The van der Waals surface area contributed by atoms with Crippen molar-refractivity contribution in [3.8, 4) is 0 Å². The molecule has 3 aliphatic rings. The number of amides is 2. The van der Waals surface area contributed by atoms with Gasteiger partial charge in [-0.2, -0.15) is 0 Å². The van der Waals surface area contributed by atoms with Crippen LogP contribution in [0.2, 0.25) is 0 Å². The third-order valence-corrected chi connectivity index (χ3v) is 6.37. The highest BCUT2D eigenvalue weighted by atomic mass is 16.2. The molecule has 1 fully saturated rings. The van der Waals surface area contributed by atoms with E-state index in [0.29, 0.717) is 42.8 Å². The van der Waals surface area contributed by atoms with Crippen LogP contribution in [0.1, 0.15) is 42.5 Å². The number of piperidine rings is 1. The van der Waals surface area contributed by atoms with Gasteiger partial charge in [-0.15, -0.1) is 0 Å². The van der Waals surface area contributed by atoms with Gasteiger partial charge in [0, 0.05) is 47.7 Å². The van der Waals surface area contributed by atoms with Crippen molar-refractivity contribution in [1.82, 2.24) is 15.2 Å². The topological polar surface area (TPSA) is 94.3 Å². The molecule has 2 bridgehead atoms. The number of fused-ring (bicyclic) bond motifs is 4. The van der Waals surface area contributed by atoms with E-state index in [1.54, 1.807) is 24.4 Å². The third-order valence-electron chi connectivity index (χ3n) is 6.37. The van der Waals surface area contributed by atoms with Gasteiger partial charge in [-0.05, 0) is 56.4 Å². The molecule has 0 radical (unpaired) electrons. The Kier molecular flexibility index (Phi) is 5.69. The Labute approximate surface area is 191 Å². The van der Waals surface area contributed by atoms with E-state index in [4.69, 9.17) is 0 Å². The van der Waals surface area contributed by atoms with E-state index in [0.717, 1.165) is 35.9 Å². The molecular formula is C26H26N4O3. The Balaban J connectivity index is 1.48. The molecule has 33 heavy (non-hydrogen) atoms. The van der Waals surface area contributed by atoms with Crippen molar-refractivity contribution >= 4 is 34.2 Å². The number of H-pyrrole nitrogens is 1. The molecule has 1 aliphatic carbocycles. The van der Waals surface area contributed by atoms with Crippen LogP contribution in [0.25, 0.3) is 10.9 Å². The maximum absolute atomic E-state index is 13.3. The first kappa shape index (κ1) is 21.0. The van der Waals surface area contributed by atoms with Crippen LogP contribution < -0.4 is 10.6 Å². The van der Waals surface area contributed by atoms with Crippen molar-refractivity contribution < 1.29 is 14.4 Å². The first-order chi connectivity index (χ1) is 16.1. The van der Waals surface area contributed by atoms with Crippen LogP contribution in [0.15, 0.2) is 71.7 Å². The van der Waals surface area contributed by atoms with E-state index >= 15 is 0 Å². The summed E-state index contributed by atoms with van der Waals surface area (Å²) in [6.45, 7) is 1.42. The summed E-state index contributed by atoms with van der Waals surface area (Å²) in [5.41, 5.74) is 3.18. The van der Waals surface area contributed by atoms with Gasteiger partial charge in [0.05, 0.1) is 11.3 Å². The number of allylic oxidation sites excluding steroid dienone is 6. The van der Waals surface area contributed by atoms with Gasteiger partial charge in [-0.25, -0.2) is 0 Å². The van der Waals surface area contributed by atoms with Crippen LogP contribution in [-0.2, 0) is 9.59 Å². The van der Waals surface area contributed by atoms with Crippen molar-refractivity contribution in [1.29, 1.82) is 0 Å². The Morgan fingerprint density at radius 2 is 1.82 bits per heavy atom. The summed E-state index contributed by atoms with van der Waals surface area (Å²) in [5.74, 6) is -0.951. The highest BCUT2D eigenvalue weighted by Gasteiger charge is 2.27. The number of Topliss-reactive ketones (excluding diaryl/α,β-unsaturated/α-hetero) is 1. The average molecular weight is 443 g/mol. The highest BCUT2D eigenvalue weighted by molar-refractivity contribution is 6.29. The van der Waals surface area contributed by atoms with E-state index < -0.39 is 5.91 Å². The lowest BCUT2D eigenvalue weighted by Gasteiger charge is -2.27. The predicted molar refractivity (Wildman–Crippen MR) is 127 cm³/mol. The molecule has 2 aromatic rings. The van der Waals surface area contributed by atoms with E-state index in [2.05, 4.69) is 15.6 Å². The van der Waals surface area contributed by atoms with E-state index in [1.165, 1.54) is 6.20 Å². The van der Waals surface area contributed by atoms with Gasteiger partial charge < -0.3 is 20.5 Å². The van der Waals surface area contributed by atoms with E-state index in [1.807, 2.05) is 29.2 Å². The monoisotopic (exact) mass is 442 g/mol. The van der Waals surface area contributed by atoms with Crippen LogP contribution in [0.3, 0.4) is 0 Å². The predicted octanol–water partition coefficient (Wildman–Crippen LogP) is 3.95. The third kappa shape index (κ3) is 4.26. The molecule has 2 aliphatic heterocycles. The summed E-state index contributed by atoms with van der Waals surface area (Å²) in [6.07, 6.45) is 15.0. The first-order valence-electron chi connectivity index (χ1n) is 11.4. The fourth-order valence-electron chi connectivity index (χ4n) is 4.50. The summed E-state index contributed by atoms with van der Waals surface area (Å²) in [4.78, 5) is 44.7. The number of nitrogens with one attached hydrogen (secondary N) is 3. The number of ketones is 1. The van der Waals surface area contributed by atoms with Gasteiger partial charge in [0.1, 0.15) is 5.57 Å². The van der Waals surface area contributed by atoms with Crippen LogP contribution in [0.4, 0.5) is 5.69 Å². The molecule has 1 aromatic carbocycles. The van der Waals surface area contributed by atoms with Gasteiger partial charge >= 0.3 is 0 Å². The fourth-order valence-corrected chi connectivity index (χ4v) is 4.50. The lowest BCUT2D eigenvalue weighted by atomic mass is 9.95. The minimum absolute atomic E-state index is 0.0186. The quantitative estimate of drug-likeness (QED) is 0.628. The molecule has 1 aromatic heterocycles. The zero-order valence-corrected chi connectivity index (χ0v) is 18.3. The molecule has 5 rings (SSSR count). The van der Waals surface area contributed by atoms with Crippen molar-refractivity contribution in [2.24, 2.45) is 0 Å². The minimum atomic E-state index is -0.539. The fraction of sp³-hybridized carbons (Fsp3) is 0.269. The Morgan fingerprint density at radius 1 is 1.00 bits per heavy atom. The lowest BCUT2D eigenvalue weighted by molar-refractivity contribution is -0.118. The summed E-state index contributed by atoms with van der Waals surface area (Å²) in [7, 11) is 0. The molecule has 7 nitrogen and oxygen atoms in total. The summed E-state index contributed by atoms with van der Waals surface area (Å²) >= 11 is 0. The maximum Gasteiger partial charge on any atom is 0.261 e. The van der Waals surface area contributed by atoms with Gasteiger partial charge in [0.25, 0.3) is 11.8 Å².